The van der Waals surface area contributed by atoms with Crippen molar-refractivity contribution in [1.29, 1.82) is 0 Å². The summed E-state index contributed by atoms with van der Waals surface area (Å²) in [5, 5.41) is 3.21. The van der Waals surface area contributed by atoms with Crippen LogP contribution in [-0.4, -0.2) is 62.2 Å². The molecule has 0 amide bonds. The maximum absolute atomic E-state index is 6.30. The van der Waals surface area contributed by atoms with E-state index in [0.717, 1.165) is 24.6 Å². The lowest BCUT2D eigenvalue weighted by Crippen LogP contribution is -2.61. The lowest BCUT2D eigenvalue weighted by Gasteiger charge is -2.50. The van der Waals surface area contributed by atoms with Gasteiger partial charge >= 0.3 is 0 Å². The second-order valence-electron chi connectivity index (χ2n) is 7.15. The number of aryl methyl sites for hydroxylation is 1. The average Bonchev–Trinajstić information content (AvgIpc) is 3.23. The summed E-state index contributed by atoms with van der Waals surface area (Å²) in [6.07, 6.45) is 7.62. The zero-order valence-corrected chi connectivity index (χ0v) is 14.2. The number of piperidine rings is 3. The zero-order chi connectivity index (χ0) is 16.9. The maximum atomic E-state index is 6.30. The number of aromatic nitrogens is 4. The normalized spacial score (nSPS) is 30.4. The highest BCUT2D eigenvalue weighted by atomic mass is 16.5. The Labute approximate surface area is 146 Å². The van der Waals surface area contributed by atoms with E-state index >= 15 is 0 Å². The number of fused-ring (bicyclic) bond motifs is 2. The molecule has 2 aromatic heterocycles. The van der Waals surface area contributed by atoms with Crippen molar-refractivity contribution in [3.63, 3.8) is 0 Å². The van der Waals surface area contributed by atoms with Gasteiger partial charge in [0.15, 0.2) is 0 Å². The molecule has 1 N–H and O–H groups in total. The molecule has 8 heteroatoms. The fraction of sp³-hybridized carbons (Fsp3) is 0.529. The number of hydrogen-bond donors (Lipinski definition) is 1. The molecule has 2 bridgehead atoms. The van der Waals surface area contributed by atoms with E-state index in [4.69, 9.17) is 4.74 Å². The molecular formula is C17H21N7O. The molecule has 4 aliphatic rings. The van der Waals surface area contributed by atoms with Gasteiger partial charge in [-0.3, -0.25) is 14.8 Å². The molecule has 6 rings (SSSR count). The first-order chi connectivity index (χ1) is 12.2. The Kier molecular flexibility index (Phi) is 3.27. The molecule has 1 atom stereocenters. The van der Waals surface area contributed by atoms with Gasteiger partial charge in [0, 0.05) is 24.7 Å². The first-order valence-corrected chi connectivity index (χ1v) is 8.76. The predicted molar refractivity (Wildman–Crippen MR) is 92.8 cm³/mol. The third-order valence-electron chi connectivity index (χ3n) is 5.48. The topological polar surface area (TPSA) is 80.5 Å². The number of hydrogen-bond acceptors (Lipinski definition) is 7. The van der Waals surface area contributed by atoms with E-state index in [9.17, 15) is 0 Å². The molecule has 0 unspecified atom stereocenters. The number of aliphatic imine (C=N–C) groups is 1. The predicted octanol–water partition coefficient (Wildman–Crippen LogP) is 1.23. The summed E-state index contributed by atoms with van der Waals surface area (Å²) in [5.41, 5.74) is 0.803. The van der Waals surface area contributed by atoms with Gasteiger partial charge in [-0.1, -0.05) is 0 Å². The van der Waals surface area contributed by atoms with E-state index < -0.39 is 0 Å². The molecule has 6 heterocycles. The van der Waals surface area contributed by atoms with Crippen molar-refractivity contribution in [2.45, 2.75) is 25.4 Å². The number of rotatable bonds is 2. The van der Waals surface area contributed by atoms with Crippen LogP contribution in [-0.2, 0) is 4.74 Å². The van der Waals surface area contributed by atoms with E-state index in [2.05, 4.69) is 30.2 Å². The fourth-order valence-corrected chi connectivity index (χ4v) is 4.16. The number of nitrogens with zero attached hydrogens (tertiary/aromatic N) is 6. The standard InChI is InChI=1S/C17H21N7O/c1-12-7-24(11-21-12)15-6-14(19-10-20-15)22-16-18-8-17(25-16)9-23-4-2-13(17)3-5-23/h6-7,10-11,13H,2-5,8-9H2,1H3,(H,18,19,20,22)/t17-/m0/s1. The van der Waals surface area contributed by atoms with Gasteiger partial charge in [0.2, 0.25) is 0 Å². The van der Waals surface area contributed by atoms with E-state index in [0.29, 0.717) is 17.8 Å². The van der Waals surface area contributed by atoms with Crippen molar-refractivity contribution in [1.82, 2.24) is 24.4 Å². The van der Waals surface area contributed by atoms with Crippen molar-refractivity contribution in [3.05, 3.63) is 30.6 Å². The first kappa shape index (κ1) is 14.8. The van der Waals surface area contributed by atoms with Crippen molar-refractivity contribution in [3.8, 4) is 5.82 Å². The number of ether oxygens (including phenoxy) is 1. The lowest BCUT2D eigenvalue weighted by molar-refractivity contribution is -0.0829. The van der Waals surface area contributed by atoms with Crippen LogP contribution in [0.25, 0.3) is 5.82 Å². The Morgan fingerprint density at radius 2 is 2.12 bits per heavy atom. The summed E-state index contributed by atoms with van der Waals surface area (Å²) in [6, 6.07) is 2.44. The fourth-order valence-electron chi connectivity index (χ4n) is 4.16. The molecule has 3 saturated heterocycles. The molecule has 130 valence electrons. The Morgan fingerprint density at radius 3 is 2.84 bits per heavy atom. The number of amidine groups is 1. The van der Waals surface area contributed by atoms with Gasteiger partial charge in [0.1, 0.15) is 29.9 Å². The van der Waals surface area contributed by atoms with Crippen LogP contribution < -0.4 is 5.32 Å². The zero-order valence-electron chi connectivity index (χ0n) is 14.2. The van der Waals surface area contributed by atoms with Gasteiger partial charge < -0.3 is 4.74 Å². The second-order valence-corrected chi connectivity index (χ2v) is 7.15. The van der Waals surface area contributed by atoms with Crippen LogP contribution in [0.4, 0.5) is 5.82 Å². The highest BCUT2D eigenvalue weighted by Crippen LogP contribution is 2.40. The molecule has 3 fully saturated rings. The summed E-state index contributed by atoms with van der Waals surface area (Å²) in [5.74, 6) is 2.04. The highest BCUT2D eigenvalue weighted by Gasteiger charge is 2.51. The van der Waals surface area contributed by atoms with Crippen LogP contribution >= 0.6 is 0 Å². The summed E-state index contributed by atoms with van der Waals surface area (Å²) in [6.45, 7) is 6.05. The van der Waals surface area contributed by atoms with Crippen molar-refractivity contribution < 1.29 is 4.74 Å². The van der Waals surface area contributed by atoms with Crippen LogP contribution in [0.1, 0.15) is 18.5 Å². The molecule has 0 aliphatic carbocycles. The van der Waals surface area contributed by atoms with Crippen LogP contribution in [0, 0.1) is 12.8 Å². The molecule has 8 nitrogen and oxygen atoms in total. The Morgan fingerprint density at radius 1 is 1.24 bits per heavy atom. The van der Waals surface area contributed by atoms with Crippen LogP contribution in [0.5, 0.6) is 0 Å². The van der Waals surface area contributed by atoms with Crippen LogP contribution in [0.15, 0.2) is 29.9 Å². The number of imidazole rings is 1. The quantitative estimate of drug-likeness (QED) is 0.886. The summed E-state index contributed by atoms with van der Waals surface area (Å²) in [7, 11) is 0. The van der Waals surface area contributed by atoms with Crippen LogP contribution in [0.3, 0.4) is 0 Å². The van der Waals surface area contributed by atoms with Gasteiger partial charge in [0.25, 0.3) is 6.02 Å². The summed E-state index contributed by atoms with van der Waals surface area (Å²) in [4.78, 5) is 19.9. The van der Waals surface area contributed by atoms with Crippen molar-refractivity contribution >= 4 is 11.8 Å². The molecule has 0 radical (unpaired) electrons. The third kappa shape index (κ3) is 2.57. The monoisotopic (exact) mass is 339 g/mol. The largest absolute Gasteiger partial charge is 0.455 e. The van der Waals surface area contributed by atoms with Gasteiger partial charge in [-0.05, 0) is 32.9 Å². The minimum absolute atomic E-state index is 0.143. The molecule has 4 aliphatic heterocycles. The molecule has 2 aromatic rings. The molecule has 0 aromatic carbocycles. The van der Waals surface area contributed by atoms with Crippen molar-refractivity contribution in [2.24, 2.45) is 10.9 Å². The van der Waals surface area contributed by atoms with Gasteiger partial charge in [-0.25, -0.2) is 19.9 Å². The molecular weight excluding hydrogens is 318 g/mol. The van der Waals surface area contributed by atoms with Crippen LogP contribution in [0.2, 0.25) is 0 Å². The first-order valence-electron chi connectivity index (χ1n) is 8.76. The summed E-state index contributed by atoms with van der Waals surface area (Å²) < 4.78 is 8.16. The van der Waals surface area contributed by atoms with E-state index in [1.54, 1.807) is 6.33 Å². The van der Waals surface area contributed by atoms with E-state index in [1.165, 1.54) is 32.3 Å². The number of nitrogens with one attached hydrogen (secondary N) is 1. The Balaban J connectivity index is 1.32. The smallest absolute Gasteiger partial charge is 0.291 e. The highest BCUT2D eigenvalue weighted by molar-refractivity contribution is 5.89. The third-order valence-corrected chi connectivity index (χ3v) is 5.48. The Bertz CT molecular complexity index is 824. The summed E-state index contributed by atoms with van der Waals surface area (Å²) >= 11 is 0. The second kappa shape index (κ2) is 5.52. The molecule has 25 heavy (non-hydrogen) atoms. The van der Waals surface area contributed by atoms with Gasteiger partial charge in [0.05, 0.1) is 12.2 Å². The lowest BCUT2D eigenvalue weighted by atomic mass is 9.75. The minimum Gasteiger partial charge on any atom is -0.455 e. The Hall–Kier alpha value is -2.48. The van der Waals surface area contributed by atoms with E-state index in [-0.39, 0.29) is 5.60 Å². The number of anilines is 1. The van der Waals surface area contributed by atoms with Gasteiger partial charge in [-0.15, -0.1) is 0 Å². The molecule has 1 spiro atoms. The average molecular weight is 339 g/mol. The SMILES string of the molecule is Cc1cn(-c2cc(NC3=NC[C@@]4(CN5CCC4CC5)O3)ncn2)cn1. The maximum Gasteiger partial charge on any atom is 0.291 e. The van der Waals surface area contributed by atoms with E-state index in [1.807, 2.05) is 23.8 Å². The molecule has 0 saturated carbocycles. The minimum atomic E-state index is -0.143. The van der Waals surface area contributed by atoms with Gasteiger partial charge in [-0.2, -0.15) is 0 Å². The van der Waals surface area contributed by atoms with Crippen molar-refractivity contribution in [2.75, 3.05) is 31.5 Å².